The summed E-state index contributed by atoms with van der Waals surface area (Å²) < 4.78 is 32.3. The van der Waals surface area contributed by atoms with E-state index in [0.717, 1.165) is 30.4 Å². The third-order valence-electron chi connectivity index (χ3n) is 5.80. The van der Waals surface area contributed by atoms with E-state index < -0.39 is 27.9 Å². The molecule has 0 bridgehead atoms. The Hall–Kier alpha value is -3.70. The van der Waals surface area contributed by atoms with Crippen LogP contribution in [0.5, 0.6) is 0 Å². The Morgan fingerprint density at radius 3 is 2.50 bits per heavy atom. The molecule has 1 unspecified atom stereocenters. The van der Waals surface area contributed by atoms with Gasteiger partial charge in [-0.25, -0.2) is 13.2 Å². The molecule has 1 aromatic heterocycles. The Bertz CT molecular complexity index is 1420. The minimum atomic E-state index is -3.83. The normalized spacial score (nSPS) is 14.9. The zero-order valence-electron chi connectivity index (χ0n) is 19.7. The van der Waals surface area contributed by atoms with E-state index in [0.29, 0.717) is 17.3 Å². The lowest BCUT2D eigenvalue weighted by Gasteiger charge is -2.18. The first-order valence-electron chi connectivity index (χ1n) is 11.2. The number of imide groups is 1. The zero-order valence-corrected chi connectivity index (χ0v) is 21.3. The molecule has 0 aliphatic heterocycles. The second kappa shape index (κ2) is 10.5. The Labute approximate surface area is 212 Å². The van der Waals surface area contributed by atoms with Crippen molar-refractivity contribution < 1.29 is 27.5 Å². The molecule has 11 heteroatoms. The molecule has 188 valence electrons. The van der Waals surface area contributed by atoms with Crippen LogP contribution in [0, 0.1) is 5.92 Å². The predicted molar refractivity (Wildman–Crippen MR) is 137 cm³/mol. The second-order valence-corrected chi connectivity index (χ2v) is 11.2. The van der Waals surface area contributed by atoms with Crippen molar-refractivity contribution in [2.75, 3.05) is 17.1 Å². The maximum Gasteiger partial charge on any atom is 0.413 e. The molecular formula is C25H25N3O6S2. The van der Waals surface area contributed by atoms with Crippen LogP contribution < -0.4 is 15.4 Å². The second-order valence-electron chi connectivity index (χ2n) is 8.46. The van der Waals surface area contributed by atoms with Crippen LogP contribution in [0.2, 0.25) is 0 Å². The lowest BCUT2D eigenvalue weighted by atomic mass is 9.88. The number of hydrogen-bond donors (Lipinski definition) is 3. The van der Waals surface area contributed by atoms with Gasteiger partial charge in [-0.05, 0) is 61.1 Å². The van der Waals surface area contributed by atoms with Crippen LogP contribution >= 0.6 is 11.3 Å². The minimum absolute atomic E-state index is 0.0968. The monoisotopic (exact) mass is 527 g/mol. The number of sulfonamides is 1. The van der Waals surface area contributed by atoms with Gasteiger partial charge in [0.25, 0.3) is 21.8 Å². The summed E-state index contributed by atoms with van der Waals surface area (Å²) >= 11 is 1.31. The predicted octanol–water partition coefficient (Wildman–Crippen LogP) is 4.42. The fraction of sp³-hybridized carbons (Fsp3) is 0.240. The van der Waals surface area contributed by atoms with Crippen molar-refractivity contribution >= 4 is 50.0 Å². The van der Waals surface area contributed by atoms with E-state index in [1.165, 1.54) is 35.6 Å². The van der Waals surface area contributed by atoms with Gasteiger partial charge in [-0.2, -0.15) is 0 Å². The molecule has 1 heterocycles. The summed E-state index contributed by atoms with van der Waals surface area (Å²) in [6.45, 7) is 2.12. The first kappa shape index (κ1) is 25.4. The lowest BCUT2D eigenvalue weighted by molar-refractivity contribution is 0.0936. The van der Waals surface area contributed by atoms with E-state index in [-0.39, 0.29) is 21.7 Å². The van der Waals surface area contributed by atoms with Crippen LogP contribution in [-0.2, 0) is 27.6 Å². The number of thiophene rings is 1. The number of rotatable bonds is 6. The third kappa shape index (κ3) is 5.58. The van der Waals surface area contributed by atoms with Crippen molar-refractivity contribution in [1.29, 1.82) is 0 Å². The summed E-state index contributed by atoms with van der Waals surface area (Å²) in [6, 6.07) is 14.0. The van der Waals surface area contributed by atoms with Crippen molar-refractivity contribution in [2.24, 2.45) is 5.92 Å². The molecule has 1 aliphatic carbocycles. The van der Waals surface area contributed by atoms with Gasteiger partial charge in [0.2, 0.25) is 0 Å². The van der Waals surface area contributed by atoms with Crippen molar-refractivity contribution in [3.63, 3.8) is 0 Å². The van der Waals surface area contributed by atoms with Crippen molar-refractivity contribution in [3.05, 3.63) is 76.2 Å². The standard InChI is InChI=1S/C25H25N3O6S2/c1-15-11-12-19-20(13-15)35-24(21(19)23(30)27-25(31)34-2)26-22(29)16-7-6-8-17(14-16)28-36(32,33)18-9-4-3-5-10-18/h3-10,14-15,28H,11-13H2,1-2H3,(H,26,29)(H,27,30,31). The van der Waals surface area contributed by atoms with Crippen LogP contribution in [0.3, 0.4) is 0 Å². The highest BCUT2D eigenvalue weighted by atomic mass is 32.2. The van der Waals surface area contributed by atoms with Gasteiger partial charge in [0.05, 0.1) is 17.6 Å². The molecule has 0 radical (unpaired) electrons. The molecular weight excluding hydrogens is 502 g/mol. The Kier molecular flexibility index (Phi) is 7.41. The zero-order chi connectivity index (χ0) is 25.9. The highest BCUT2D eigenvalue weighted by Crippen LogP contribution is 2.40. The van der Waals surface area contributed by atoms with Crippen LogP contribution in [0.4, 0.5) is 15.5 Å². The highest BCUT2D eigenvalue weighted by Gasteiger charge is 2.29. The van der Waals surface area contributed by atoms with Crippen molar-refractivity contribution in [2.45, 2.75) is 31.1 Å². The molecule has 3 aromatic rings. The smallest absolute Gasteiger partial charge is 0.413 e. The van der Waals surface area contributed by atoms with Gasteiger partial charge < -0.3 is 10.1 Å². The highest BCUT2D eigenvalue weighted by molar-refractivity contribution is 7.92. The first-order valence-corrected chi connectivity index (χ1v) is 13.5. The van der Waals surface area contributed by atoms with Gasteiger partial charge >= 0.3 is 6.09 Å². The molecule has 2 aromatic carbocycles. The molecule has 0 saturated heterocycles. The van der Waals surface area contributed by atoms with E-state index in [2.05, 4.69) is 27.0 Å². The molecule has 9 nitrogen and oxygen atoms in total. The van der Waals surface area contributed by atoms with E-state index in [4.69, 9.17) is 0 Å². The molecule has 3 N–H and O–H groups in total. The maximum atomic E-state index is 13.1. The summed E-state index contributed by atoms with van der Waals surface area (Å²) in [7, 11) is -2.67. The number of alkyl carbamates (subject to hydrolysis) is 1. The number of ether oxygens (including phenoxy) is 1. The van der Waals surface area contributed by atoms with Crippen molar-refractivity contribution in [1.82, 2.24) is 5.32 Å². The van der Waals surface area contributed by atoms with Gasteiger partial charge in [-0.3, -0.25) is 19.6 Å². The number of methoxy groups -OCH3 is 1. The van der Waals surface area contributed by atoms with Crippen molar-refractivity contribution in [3.8, 4) is 0 Å². The van der Waals surface area contributed by atoms with Crippen LogP contribution in [0.25, 0.3) is 0 Å². The topological polar surface area (TPSA) is 131 Å². The average Bonchev–Trinajstić information content (AvgIpc) is 3.21. The quantitative estimate of drug-likeness (QED) is 0.435. The molecule has 36 heavy (non-hydrogen) atoms. The SMILES string of the molecule is COC(=O)NC(=O)c1c(NC(=O)c2cccc(NS(=O)(=O)c3ccccc3)c2)sc2c1CCC(C)C2. The summed E-state index contributed by atoms with van der Waals surface area (Å²) in [6.07, 6.45) is 1.42. The van der Waals surface area contributed by atoms with Gasteiger partial charge in [-0.15, -0.1) is 11.3 Å². The van der Waals surface area contributed by atoms with Gasteiger partial charge in [0.15, 0.2) is 0 Å². The third-order valence-corrected chi connectivity index (χ3v) is 8.36. The number of anilines is 2. The molecule has 0 saturated carbocycles. The summed E-state index contributed by atoms with van der Waals surface area (Å²) in [5.41, 5.74) is 1.48. The molecule has 0 fully saturated rings. The number of fused-ring (bicyclic) bond motifs is 1. The average molecular weight is 528 g/mol. The Morgan fingerprint density at radius 1 is 1.03 bits per heavy atom. The largest absolute Gasteiger partial charge is 0.453 e. The Morgan fingerprint density at radius 2 is 1.78 bits per heavy atom. The van der Waals surface area contributed by atoms with E-state index >= 15 is 0 Å². The maximum absolute atomic E-state index is 13.1. The number of amides is 3. The molecule has 3 amide bonds. The summed E-state index contributed by atoms with van der Waals surface area (Å²) in [5, 5.41) is 5.29. The molecule has 1 aliphatic rings. The van der Waals surface area contributed by atoms with Gasteiger partial charge in [-0.1, -0.05) is 31.2 Å². The van der Waals surface area contributed by atoms with E-state index in [1.807, 2.05) is 0 Å². The fourth-order valence-corrected chi connectivity index (χ4v) is 6.47. The minimum Gasteiger partial charge on any atom is -0.453 e. The number of carbonyl (C=O) groups is 3. The van der Waals surface area contributed by atoms with Crippen LogP contribution in [0.1, 0.15) is 44.5 Å². The molecule has 1 atom stereocenters. The first-order chi connectivity index (χ1) is 17.2. The summed E-state index contributed by atoms with van der Waals surface area (Å²) in [4.78, 5) is 38.7. The van der Waals surface area contributed by atoms with E-state index in [1.54, 1.807) is 30.3 Å². The van der Waals surface area contributed by atoms with Crippen LogP contribution in [-0.4, -0.2) is 33.4 Å². The summed E-state index contributed by atoms with van der Waals surface area (Å²) in [5.74, 6) is -0.728. The van der Waals surface area contributed by atoms with Gasteiger partial charge in [0.1, 0.15) is 5.00 Å². The van der Waals surface area contributed by atoms with Gasteiger partial charge in [0, 0.05) is 16.1 Å². The van der Waals surface area contributed by atoms with E-state index in [9.17, 15) is 22.8 Å². The molecule has 4 rings (SSSR count). The lowest BCUT2D eigenvalue weighted by Crippen LogP contribution is -2.31. The fourth-order valence-electron chi connectivity index (χ4n) is 4.00. The number of carbonyl (C=O) groups excluding carboxylic acids is 3. The number of nitrogens with one attached hydrogen (secondary N) is 3. The molecule has 0 spiro atoms. The number of hydrogen-bond acceptors (Lipinski definition) is 7. The number of benzene rings is 2. The Balaban J connectivity index is 1.59. The van der Waals surface area contributed by atoms with Crippen LogP contribution in [0.15, 0.2) is 59.5 Å².